The van der Waals surface area contributed by atoms with Crippen molar-refractivity contribution in [2.45, 2.75) is 12.5 Å². The molecule has 0 saturated carbocycles. The Morgan fingerprint density at radius 3 is 3.00 bits per heavy atom. The Balaban J connectivity index is 1.82. The lowest BCUT2D eigenvalue weighted by Crippen LogP contribution is -2.27. The van der Waals surface area contributed by atoms with Crippen molar-refractivity contribution >= 4 is 15.9 Å². The van der Waals surface area contributed by atoms with Gasteiger partial charge in [0.1, 0.15) is 5.75 Å². The van der Waals surface area contributed by atoms with Crippen molar-refractivity contribution in [2.24, 2.45) is 5.92 Å². The van der Waals surface area contributed by atoms with Gasteiger partial charge in [-0.25, -0.2) is 0 Å². The Kier molecular flexibility index (Phi) is 3.53. The third kappa shape index (κ3) is 2.65. The first-order valence-corrected chi connectivity index (χ1v) is 7.03. The van der Waals surface area contributed by atoms with E-state index in [1.54, 1.807) is 6.20 Å². The molecule has 0 radical (unpaired) electrons. The molecular weight excluding hydrogens is 306 g/mol. The fourth-order valence-electron chi connectivity index (χ4n) is 2.38. The summed E-state index contributed by atoms with van der Waals surface area (Å²) in [6.07, 6.45) is 1.99. The number of pyridine rings is 1. The standard InChI is InChI=1S/C15H14BrNO2/c16-11-4-5-13-14(8-11)19-9-10(15(13)18)7-12-3-1-2-6-17-12/h1-6,8,10,15,18H,7,9H2. The third-order valence-corrected chi connectivity index (χ3v) is 3.88. The van der Waals surface area contributed by atoms with Gasteiger partial charge in [0.15, 0.2) is 0 Å². The lowest BCUT2D eigenvalue weighted by Gasteiger charge is -2.30. The average Bonchev–Trinajstić information content (AvgIpc) is 2.43. The minimum atomic E-state index is -0.501. The zero-order valence-electron chi connectivity index (χ0n) is 10.3. The molecule has 0 spiro atoms. The van der Waals surface area contributed by atoms with Crippen molar-refractivity contribution in [1.29, 1.82) is 0 Å². The van der Waals surface area contributed by atoms with E-state index in [4.69, 9.17) is 4.74 Å². The molecule has 2 unspecified atom stereocenters. The summed E-state index contributed by atoms with van der Waals surface area (Å²) in [4.78, 5) is 4.30. The second kappa shape index (κ2) is 5.31. The quantitative estimate of drug-likeness (QED) is 0.924. The van der Waals surface area contributed by atoms with E-state index in [9.17, 15) is 5.11 Å². The van der Waals surface area contributed by atoms with Gasteiger partial charge in [0.25, 0.3) is 0 Å². The van der Waals surface area contributed by atoms with Gasteiger partial charge in [0.2, 0.25) is 0 Å². The molecule has 0 fully saturated rings. The van der Waals surface area contributed by atoms with Crippen LogP contribution in [0.1, 0.15) is 17.4 Å². The molecule has 98 valence electrons. The second-order valence-electron chi connectivity index (χ2n) is 4.72. The first-order chi connectivity index (χ1) is 9.24. The number of nitrogens with zero attached hydrogens (tertiary/aromatic N) is 1. The van der Waals surface area contributed by atoms with Gasteiger partial charge in [0.05, 0.1) is 12.7 Å². The van der Waals surface area contributed by atoms with Crippen LogP contribution in [-0.2, 0) is 6.42 Å². The Morgan fingerprint density at radius 1 is 1.32 bits per heavy atom. The monoisotopic (exact) mass is 319 g/mol. The average molecular weight is 320 g/mol. The van der Waals surface area contributed by atoms with E-state index >= 15 is 0 Å². The lowest BCUT2D eigenvalue weighted by molar-refractivity contribution is 0.0502. The number of ether oxygens (including phenoxy) is 1. The minimum Gasteiger partial charge on any atom is -0.493 e. The summed E-state index contributed by atoms with van der Waals surface area (Å²) < 4.78 is 6.70. The van der Waals surface area contributed by atoms with Crippen LogP contribution in [0.4, 0.5) is 0 Å². The summed E-state index contributed by atoms with van der Waals surface area (Å²) in [6, 6.07) is 11.6. The van der Waals surface area contributed by atoms with Gasteiger partial charge in [-0.2, -0.15) is 0 Å². The molecule has 0 bridgehead atoms. The Labute approximate surface area is 120 Å². The summed E-state index contributed by atoms with van der Waals surface area (Å²) in [6.45, 7) is 0.515. The predicted molar refractivity (Wildman–Crippen MR) is 76.0 cm³/mol. The van der Waals surface area contributed by atoms with Crippen LogP contribution in [-0.4, -0.2) is 16.7 Å². The molecule has 1 aliphatic heterocycles. The maximum Gasteiger partial charge on any atom is 0.126 e. The zero-order chi connectivity index (χ0) is 13.2. The molecule has 1 aliphatic rings. The second-order valence-corrected chi connectivity index (χ2v) is 5.64. The molecule has 1 aromatic carbocycles. The van der Waals surface area contributed by atoms with Crippen molar-refractivity contribution in [3.63, 3.8) is 0 Å². The van der Waals surface area contributed by atoms with E-state index in [-0.39, 0.29) is 5.92 Å². The molecule has 0 amide bonds. The van der Waals surface area contributed by atoms with Crippen LogP contribution < -0.4 is 4.74 Å². The fourth-order valence-corrected chi connectivity index (χ4v) is 2.72. The Bertz CT molecular complexity index is 574. The van der Waals surface area contributed by atoms with Gasteiger partial charge in [0, 0.05) is 27.8 Å². The van der Waals surface area contributed by atoms with Crippen LogP contribution in [0.15, 0.2) is 47.1 Å². The number of rotatable bonds is 2. The molecular formula is C15H14BrNO2. The van der Waals surface area contributed by atoms with Gasteiger partial charge in [-0.1, -0.05) is 28.1 Å². The van der Waals surface area contributed by atoms with Gasteiger partial charge >= 0.3 is 0 Å². The molecule has 1 aromatic heterocycles. The number of fused-ring (bicyclic) bond motifs is 1. The maximum atomic E-state index is 10.5. The molecule has 0 aliphatic carbocycles. The fraction of sp³-hybridized carbons (Fsp3) is 0.267. The molecule has 2 heterocycles. The summed E-state index contributed by atoms with van der Waals surface area (Å²) in [5.74, 6) is 0.808. The number of aromatic nitrogens is 1. The highest BCUT2D eigenvalue weighted by Gasteiger charge is 2.29. The highest BCUT2D eigenvalue weighted by Crippen LogP contribution is 2.38. The Morgan fingerprint density at radius 2 is 2.21 bits per heavy atom. The lowest BCUT2D eigenvalue weighted by atomic mass is 9.89. The van der Waals surface area contributed by atoms with E-state index in [0.29, 0.717) is 6.61 Å². The summed E-state index contributed by atoms with van der Waals surface area (Å²) in [5, 5.41) is 10.5. The highest BCUT2D eigenvalue weighted by molar-refractivity contribution is 9.10. The van der Waals surface area contributed by atoms with Crippen LogP contribution in [0, 0.1) is 5.92 Å². The van der Waals surface area contributed by atoms with Crippen molar-refractivity contribution in [3.05, 3.63) is 58.3 Å². The number of halogens is 1. The van der Waals surface area contributed by atoms with E-state index in [1.807, 2.05) is 36.4 Å². The predicted octanol–water partition coefficient (Wildman–Crippen LogP) is 3.13. The minimum absolute atomic E-state index is 0.0450. The number of hydrogen-bond donors (Lipinski definition) is 1. The largest absolute Gasteiger partial charge is 0.493 e. The van der Waals surface area contributed by atoms with Crippen LogP contribution >= 0.6 is 15.9 Å². The summed E-state index contributed by atoms with van der Waals surface area (Å²) >= 11 is 3.41. The molecule has 3 rings (SSSR count). The number of aliphatic hydroxyl groups excluding tert-OH is 1. The molecule has 4 heteroatoms. The zero-order valence-corrected chi connectivity index (χ0v) is 11.9. The van der Waals surface area contributed by atoms with Gasteiger partial charge in [-0.05, 0) is 30.7 Å². The number of aliphatic hydroxyl groups is 1. The van der Waals surface area contributed by atoms with Gasteiger partial charge in [-0.3, -0.25) is 4.98 Å². The van der Waals surface area contributed by atoms with Crippen LogP contribution in [0.25, 0.3) is 0 Å². The van der Waals surface area contributed by atoms with Crippen LogP contribution in [0.5, 0.6) is 5.75 Å². The normalized spacial score (nSPS) is 21.6. The number of benzene rings is 1. The van der Waals surface area contributed by atoms with E-state index in [1.165, 1.54) is 0 Å². The molecule has 0 saturated heterocycles. The maximum absolute atomic E-state index is 10.5. The van der Waals surface area contributed by atoms with E-state index < -0.39 is 6.10 Å². The topological polar surface area (TPSA) is 42.4 Å². The molecule has 3 nitrogen and oxygen atoms in total. The van der Waals surface area contributed by atoms with E-state index in [2.05, 4.69) is 20.9 Å². The molecule has 1 N–H and O–H groups in total. The number of hydrogen-bond acceptors (Lipinski definition) is 3. The van der Waals surface area contributed by atoms with Gasteiger partial charge < -0.3 is 9.84 Å². The highest BCUT2D eigenvalue weighted by atomic mass is 79.9. The smallest absolute Gasteiger partial charge is 0.126 e. The van der Waals surface area contributed by atoms with Crippen molar-refractivity contribution in [2.75, 3.05) is 6.61 Å². The summed E-state index contributed by atoms with van der Waals surface area (Å²) in [7, 11) is 0. The van der Waals surface area contributed by atoms with Gasteiger partial charge in [-0.15, -0.1) is 0 Å². The summed E-state index contributed by atoms with van der Waals surface area (Å²) in [5.41, 5.74) is 1.84. The van der Waals surface area contributed by atoms with Crippen molar-refractivity contribution < 1.29 is 9.84 Å². The molecule has 19 heavy (non-hydrogen) atoms. The molecule has 2 atom stereocenters. The van der Waals surface area contributed by atoms with E-state index in [0.717, 1.165) is 27.9 Å². The Hall–Kier alpha value is -1.39. The van der Waals surface area contributed by atoms with Crippen LogP contribution in [0.3, 0.4) is 0 Å². The van der Waals surface area contributed by atoms with Crippen molar-refractivity contribution in [1.82, 2.24) is 4.98 Å². The van der Waals surface area contributed by atoms with Crippen molar-refractivity contribution in [3.8, 4) is 5.75 Å². The SMILES string of the molecule is OC1c2ccc(Br)cc2OCC1Cc1ccccn1. The first kappa shape index (κ1) is 12.6. The van der Waals surface area contributed by atoms with Crippen LogP contribution in [0.2, 0.25) is 0 Å². The third-order valence-electron chi connectivity index (χ3n) is 3.39. The first-order valence-electron chi connectivity index (χ1n) is 6.24. The molecule has 2 aromatic rings.